The molecule has 2 aliphatic heterocycles. The molecule has 164 valence electrons. The molecular weight excluding hydrogens is 515 g/mol. The summed E-state index contributed by atoms with van der Waals surface area (Å²) >= 11 is 0. The Kier molecular flexibility index (Phi) is 8.47. The van der Waals surface area contributed by atoms with Crippen LogP contribution in [0.2, 0.25) is 0 Å². The highest BCUT2D eigenvalue weighted by Gasteiger charge is 2.32. The number of guanidine groups is 1. The van der Waals surface area contributed by atoms with Crippen LogP contribution in [0.5, 0.6) is 0 Å². The van der Waals surface area contributed by atoms with Crippen LogP contribution in [0.25, 0.3) is 0 Å². The average Bonchev–Trinajstić information content (AvgIpc) is 3.27. The SMILES string of the molecule is CN=C(NC[C@H]1CCCN1S(C)(=O)=O)NC1CCN(c2c(F)cccc2F)C1.I. The zero-order chi connectivity index (χ0) is 20.3. The van der Waals surface area contributed by atoms with Gasteiger partial charge in [-0.3, -0.25) is 4.99 Å². The van der Waals surface area contributed by atoms with E-state index in [-0.39, 0.29) is 41.7 Å². The summed E-state index contributed by atoms with van der Waals surface area (Å²) in [5.41, 5.74) is 0.00416. The molecule has 1 aromatic rings. The van der Waals surface area contributed by atoms with Crippen molar-refractivity contribution in [2.24, 2.45) is 4.99 Å². The first-order valence-corrected chi connectivity index (χ1v) is 11.3. The zero-order valence-electron chi connectivity index (χ0n) is 16.6. The summed E-state index contributed by atoms with van der Waals surface area (Å²) in [7, 11) is -1.58. The average molecular weight is 543 g/mol. The van der Waals surface area contributed by atoms with Crippen LogP contribution in [-0.4, -0.2) is 70.2 Å². The van der Waals surface area contributed by atoms with Gasteiger partial charge in [0.25, 0.3) is 0 Å². The summed E-state index contributed by atoms with van der Waals surface area (Å²) in [6.07, 6.45) is 3.60. The molecule has 11 heteroatoms. The topological polar surface area (TPSA) is 77.0 Å². The van der Waals surface area contributed by atoms with Gasteiger partial charge in [-0.15, -0.1) is 24.0 Å². The highest BCUT2D eigenvalue weighted by Crippen LogP contribution is 2.26. The normalized spacial score (nSPS) is 23.2. The molecule has 2 fully saturated rings. The predicted octanol–water partition coefficient (Wildman–Crippen LogP) is 1.75. The van der Waals surface area contributed by atoms with Crippen LogP contribution in [0, 0.1) is 11.6 Å². The van der Waals surface area contributed by atoms with Gasteiger partial charge in [-0.05, 0) is 31.4 Å². The second-order valence-electron chi connectivity index (χ2n) is 7.27. The van der Waals surface area contributed by atoms with Crippen LogP contribution in [0.1, 0.15) is 19.3 Å². The summed E-state index contributed by atoms with van der Waals surface area (Å²) in [4.78, 5) is 5.88. The number of nitrogens with zero attached hydrogens (tertiary/aromatic N) is 3. The van der Waals surface area contributed by atoms with Crippen LogP contribution in [0.3, 0.4) is 0 Å². The fourth-order valence-electron chi connectivity index (χ4n) is 3.92. The number of benzene rings is 1. The van der Waals surface area contributed by atoms with Gasteiger partial charge in [-0.1, -0.05) is 6.07 Å². The van der Waals surface area contributed by atoms with E-state index >= 15 is 0 Å². The number of hydrogen-bond donors (Lipinski definition) is 2. The van der Waals surface area contributed by atoms with Crippen LogP contribution >= 0.6 is 24.0 Å². The minimum absolute atomic E-state index is 0. The lowest BCUT2D eigenvalue weighted by Crippen LogP contribution is -2.49. The number of nitrogens with one attached hydrogen (secondary N) is 2. The molecule has 0 aromatic heterocycles. The van der Waals surface area contributed by atoms with Gasteiger partial charge in [0.2, 0.25) is 10.0 Å². The van der Waals surface area contributed by atoms with E-state index in [2.05, 4.69) is 15.6 Å². The molecular formula is C18H28F2IN5O2S. The van der Waals surface area contributed by atoms with Crippen molar-refractivity contribution in [2.75, 3.05) is 44.4 Å². The van der Waals surface area contributed by atoms with Gasteiger partial charge in [0.15, 0.2) is 5.96 Å². The largest absolute Gasteiger partial charge is 0.365 e. The van der Waals surface area contributed by atoms with E-state index in [1.807, 2.05) is 0 Å². The number of rotatable bonds is 5. The summed E-state index contributed by atoms with van der Waals surface area (Å²) in [6.45, 7) is 2.00. The molecule has 29 heavy (non-hydrogen) atoms. The van der Waals surface area contributed by atoms with E-state index in [1.165, 1.54) is 28.8 Å². The fourth-order valence-corrected chi connectivity index (χ4v) is 5.11. The lowest BCUT2D eigenvalue weighted by molar-refractivity contribution is 0.387. The lowest BCUT2D eigenvalue weighted by Gasteiger charge is -2.24. The van der Waals surface area contributed by atoms with Crippen molar-refractivity contribution in [2.45, 2.75) is 31.3 Å². The second kappa shape index (κ2) is 10.2. The Bertz CT molecular complexity index is 819. The Labute approximate surface area is 188 Å². The third-order valence-electron chi connectivity index (χ3n) is 5.26. The maximum absolute atomic E-state index is 14.0. The minimum Gasteiger partial charge on any atom is -0.365 e. The van der Waals surface area contributed by atoms with Crippen molar-refractivity contribution in [1.29, 1.82) is 0 Å². The Morgan fingerprint density at radius 1 is 1.24 bits per heavy atom. The first kappa shape index (κ1) is 24.1. The van der Waals surface area contributed by atoms with E-state index in [0.29, 0.717) is 38.6 Å². The molecule has 0 aliphatic carbocycles. The Morgan fingerprint density at radius 3 is 2.55 bits per heavy atom. The minimum atomic E-state index is -3.22. The fraction of sp³-hybridized carbons (Fsp3) is 0.611. The zero-order valence-corrected chi connectivity index (χ0v) is 19.7. The monoisotopic (exact) mass is 543 g/mol. The Morgan fingerprint density at radius 2 is 1.93 bits per heavy atom. The molecule has 0 radical (unpaired) electrons. The van der Waals surface area contributed by atoms with Gasteiger partial charge in [-0.25, -0.2) is 17.2 Å². The number of hydrogen-bond acceptors (Lipinski definition) is 4. The van der Waals surface area contributed by atoms with Crippen molar-refractivity contribution in [3.8, 4) is 0 Å². The van der Waals surface area contributed by atoms with Gasteiger partial charge >= 0.3 is 0 Å². The summed E-state index contributed by atoms with van der Waals surface area (Å²) in [5.74, 6) is -0.572. The Balaban J connectivity index is 0.00000300. The standard InChI is InChI=1S/C18H27F2N5O2S.HI/c1-21-18(22-11-14-5-4-9-25(14)28(2,26)27)23-13-8-10-24(12-13)17-15(19)6-3-7-16(17)20;/h3,6-7,13-14H,4-5,8-12H2,1-2H3,(H2,21,22,23);1H/t13?,14-;/m1./s1. The van der Waals surface area contributed by atoms with Crippen LogP contribution in [0.4, 0.5) is 14.5 Å². The van der Waals surface area contributed by atoms with E-state index in [9.17, 15) is 17.2 Å². The molecule has 2 atom stereocenters. The second-order valence-corrected chi connectivity index (χ2v) is 9.20. The third-order valence-corrected chi connectivity index (χ3v) is 6.59. The van der Waals surface area contributed by atoms with E-state index in [4.69, 9.17) is 0 Å². The van der Waals surface area contributed by atoms with Crippen molar-refractivity contribution in [3.05, 3.63) is 29.8 Å². The van der Waals surface area contributed by atoms with E-state index in [0.717, 1.165) is 12.8 Å². The number of aliphatic imine (C=N–C) groups is 1. The molecule has 2 heterocycles. The summed E-state index contributed by atoms with van der Waals surface area (Å²) < 4.78 is 53.2. The van der Waals surface area contributed by atoms with Crippen LogP contribution in [0.15, 0.2) is 23.2 Å². The molecule has 0 spiro atoms. The van der Waals surface area contributed by atoms with Gasteiger partial charge in [0.05, 0.1) is 6.26 Å². The van der Waals surface area contributed by atoms with Gasteiger partial charge in [0.1, 0.15) is 17.3 Å². The molecule has 1 aromatic carbocycles. The Hall–Kier alpha value is -1.21. The first-order chi connectivity index (χ1) is 13.3. The molecule has 2 N–H and O–H groups in total. The van der Waals surface area contributed by atoms with Crippen molar-refractivity contribution < 1.29 is 17.2 Å². The molecule has 1 unspecified atom stereocenters. The van der Waals surface area contributed by atoms with Crippen molar-refractivity contribution in [3.63, 3.8) is 0 Å². The molecule has 2 aliphatic rings. The summed E-state index contributed by atoms with van der Waals surface area (Å²) in [5, 5.41) is 6.45. The molecule has 0 saturated carbocycles. The molecule has 0 bridgehead atoms. The molecule has 7 nitrogen and oxygen atoms in total. The van der Waals surface area contributed by atoms with Gasteiger partial charge in [0, 0.05) is 45.3 Å². The lowest BCUT2D eigenvalue weighted by atomic mass is 10.2. The molecule has 2 saturated heterocycles. The molecule has 3 rings (SSSR count). The predicted molar refractivity (Wildman–Crippen MR) is 121 cm³/mol. The van der Waals surface area contributed by atoms with Crippen molar-refractivity contribution in [1.82, 2.24) is 14.9 Å². The highest BCUT2D eigenvalue weighted by atomic mass is 127. The first-order valence-electron chi connectivity index (χ1n) is 9.42. The van der Waals surface area contributed by atoms with E-state index < -0.39 is 21.7 Å². The van der Waals surface area contributed by atoms with Crippen LogP contribution < -0.4 is 15.5 Å². The third kappa shape index (κ3) is 5.91. The van der Waals surface area contributed by atoms with Crippen LogP contribution in [-0.2, 0) is 10.0 Å². The number of anilines is 1. The maximum Gasteiger partial charge on any atom is 0.211 e. The number of halogens is 3. The summed E-state index contributed by atoms with van der Waals surface area (Å²) in [6, 6.07) is 3.76. The quantitative estimate of drug-likeness (QED) is 0.337. The smallest absolute Gasteiger partial charge is 0.211 e. The van der Waals surface area contributed by atoms with Crippen molar-refractivity contribution >= 4 is 45.6 Å². The highest BCUT2D eigenvalue weighted by molar-refractivity contribution is 14.0. The van der Waals surface area contributed by atoms with E-state index in [1.54, 1.807) is 11.9 Å². The maximum atomic E-state index is 14.0. The molecule has 0 amide bonds. The van der Waals surface area contributed by atoms with Gasteiger partial charge in [-0.2, -0.15) is 4.31 Å². The van der Waals surface area contributed by atoms with Gasteiger partial charge < -0.3 is 15.5 Å². The number of sulfonamides is 1. The number of para-hydroxylation sites is 1.